The molecule has 2 N–H and O–H groups in total. The Bertz CT molecular complexity index is 894. The van der Waals surface area contributed by atoms with Crippen LogP contribution in [0.4, 0.5) is 0 Å². The van der Waals surface area contributed by atoms with Gasteiger partial charge in [-0.25, -0.2) is 9.71 Å². The lowest BCUT2D eigenvalue weighted by Gasteiger charge is -2.19. The number of carbonyl (C=O) groups excluding carboxylic acids is 1. The lowest BCUT2D eigenvalue weighted by Crippen LogP contribution is -2.25. The molecule has 0 aliphatic carbocycles. The van der Waals surface area contributed by atoms with Crippen LogP contribution in [0, 0.1) is 6.92 Å². The van der Waals surface area contributed by atoms with E-state index < -0.39 is 17.3 Å². The van der Waals surface area contributed by atoms with Crippen molar-refractivity contribution in [1.82, 2.24) is 20.0 Å². The van der Waals surface area contributed by atoms with Crippen molar-refractivity contribution in [3.8, 4) is 0 Å². The van der Waals surface area contributed by atoms with E-state index in [2.05, 4.69) is 20.0 Å². The number of carbonyl (C=O) groups is 1. The molecule has 10 heteroatoms. The van der Waals surface area contributed by atoms with Crippen LogP contribution in [0.2, 0.25) is 0 Å². The Labute approximate surface area is 160 Å². The largest absolute Gasteiger partial charge is 0.760 e. The molecule has 2 atom stereocenters. The fraction of sp³-hybridized carbons (Fsp3) is 0.188. The van der Waals surface area contributed by atoms with Crippen molar-refractivity contribution in [2.24, 2.45) is 0 Å². The van der Waals surface area contributed by atoms with Gasteiger partial charge in [0.25, 0.3) is 5.91 Å². The SMILES string of the molecule is Cc1ncc(CNC(=O)c2ccc(C(NS(=O)[O-])c3cccs3)cn2)s1. The number of aryl methyl sites for hydroxylation is 1. The van der Waals surface area contributed by atoms with Crippen LogP contribution in [-0.4, -0.2) is 24.6 Å². The zero-order valence-electron chi connectivity index (χ0n) is 13.7. The lowest BCUT2D eigenvalue weighted by molar-refractivity contribution is 0.0946. The normalized spacial score (nSPS) is 13.3. The molecule has 0 aliphatic heterocycles. The van der Waals surface area contributed by atoms with Gasteiger partial charge in [-0.3, -0.25) is 14.0 Å². The number of rotatable bonds is 7. The third-order valence-corrected chi connectivity index (χ3v) is 5.76. The van der Waals surface area contributed by atoms with Gasteiger partial charge in [0.05, 0.1) is 17.6 Å². The third-order valence-electron chi connectivity index (χ3n) is 3.49. The fourth-order valence-corrected chi connectivity index (χ4v) is 4.36. The molecule has 3 rings (SSSR count). The minimum atomic E-state index is -2.42. The van der Waals surface area contributed by atoms with Crippen molar-refractivity contribution in [3.63, 3.8) is 0 Å². The molecule has 26 heavy (non-hydrogen) atoms. The topological polar surface area (TPSA) is 107 Å². The van der Waals surface area contributed by atoms with Gasteiger partial charge in [0.2, 0.25) is 0 Å². The Morgan fingerprint density at radius 2 is 2.15 bits per heavy atom. The molecule has 136 valence electrons. The lowest BCUT2D eigenvalue weighted by atomic mass is 10.1. The van der Waals surface area contributed by atoms with Crippen LogP contribution in [0.15, 0.2) is 42.0 Å². The van der Waals surface area contributed by atoms with E-state index in [4.69, 9.17) is 0 Å². The number of hydrogen-bond acceptors (Lipinski definition) is 7. The van der Waals surface area contributed by atoms with Crippen LogP contribution in [0.25, 0.3) is 0 Å². The molecule has 7 nitrogen and oxygen atoms in total. The molecule has 3 aromatic heterocycles. The first kappa shape index (κ1) is 18.8. The Balaban J connectivity index is 1.70. The number of pyridine rings is 1. The second-order valence-electron chi connectivity index (χ2n) is 5.31. The number of aromatic nitrogens is 2. The smallest absolute Gasteiger partial charge is 0.270 e. The fourth-order valence-electron chi connectivity index (χ4n) is 2.30. The maximum Gasteiger partial charge on any atom is 0.270 e. The van der Waals surface area contributed by atoms with Crippen LogP contribution in [0.3, 0.4) is 0 Å². The van der Waals surface area contributed by atoms with E-state index >= 15 is 0 Å². The molecule has 0 fully saturated rings. The molecule has 0 radical (unpaired) electrons. The first-order chi connectivity index (χ1) is 12.5. The van der Waals surface area contributed by atoms with Crippen LogP contribution < -0.4 is 10.0 Å². The Kier molecular flexibility index (Phi) is 6.22. The van der Waals surface area contributed by atoms with Gasteiger partial charge in [0.15, 0.2) is 0 Å². The number of thiophene rings is 1. The quantitative estimate of drug-likeness (QED) is 0.585. The predicted octanol–water partition coefficient (Wildman–Crippen LogP) is 2.31. The number of thiazole rings is 1. The standard InChI is InChI=1S/C16H16N4O3S3/c1-10-17-8-12(25-10)9-19-16(21)13-5-4-11(7-18-13)15(20-26(22)23)14-3-2-6-24-14/h2-8,15,20H,9H2,1H3,(H,19,21)(H,22,23)/p-1. The molecular formula is C16H15N4O3S3-. The van der Waals surface area contributed by atoms with Crippen LogP contribution in [0.5, 0.6) is 0 Å². The van der Waals surface area contributed by atoms with Crippen LogP contribution in [0.1, 0.15) is 36.9 Å². The van der Waals surface area contributed by atoms with Gasteiger partial charge in [-0.2, -0.15) is 0 Å². The molecule has 1 amide bonds. The summed E-state index contributed by atoms with van der Waals surface area (Å²) < 4.78 is 24.6. The van der Waals surface area contributed by atoms with Gasteiger partial charge in [-0.1, -0.05) is 12.1 Å². The molecule has 0 saturated heterocycles. The summed E-state index contributed by atoms with van der Waals surface area (Å²) in [6.07, 6.45) is 3.24. The minimum absolute atomic E-state index is 0.267. The zero-order valence-corrected chi connectivity index (χ0v) is 16.1. The van der Waals surface area contributed by atoms with Crippen LogP contribution >= 0.6 is 22.7 Å². The van der Waals surface area contributed by atoms with Gasteiger partial charge in [-0.15, -0.1) is 22.7 Å². The molecule has 3 heterocycles. The monoisotopic (exact) mass is 407 g/mol. The number of nitrogens with one attached hydrogen (secondary N) is 2. The molecule has 0 aromatic carbocycles. The number of hydrogen-bond donors (Lipinski definition) is 2. The molecule has 0 bridgehead atoms. The average Bonchev–Trinajstić information content (AvgIpc) is 3.29. The van der Waals surface area contributed by atoms with E-state index in [1.165, 1.54) is 28.9 Å². The Morgan fingerprint density at radius 1 is 1.31 bits per heavy atom. The highest BCUT2D eigenvalue weighted by Gasteiger charge is 2.16. The first-order valence-electron chi connectivity index (χ1n) is 7.57. The Hall–Kier alpha value is -1.98. The summed E-state index contributed by atoms with van der Waals surface area (Å²) in [5.74, 6) is -0.296. The molecule has 0 saturated carbocycles. The van der Waals surface area contributed by atoms with E-state index in [9.17, 15) is 13.6 Å². The van der Waals surface area contributed by atoms with E-state index in [0.717, 1.165) is 14.8 Å². The minimum Gasteiger partial charge on any atom is -0.760 e. The van der Waals surface area contributed by atoms with E-state index in [1.54, 1.807) is 18.3 Å². The van der Waals surface area contributed by atoms with E-state index in [1.807, 2.05) is 24.4 Å². The van der Waals surface area contributed by atoms with Crippen molar-refractivity contribution in [3.05, 3.63) is 68.1 Å². The van der Waals surface area contributed by atoms with Crippen molar-refractivity contribution in [2.75, 3.05) is 0 Å². The van der Waals surface area contributed by atoms with Gasteiger partial charge in [-0.05, 0) is 30.0 Å². The van der Waals surface area contributed by atoms with Gasteiger partial charge >= 0.3 is 0 Å². The highest BCUT2D eigenvalue weighted by atomic mass is 32.2. The summed E-state index contributed by atoms with van der Waals surface area (Å²) in [4.78, 5) is 22.3. The average molecular weight is 408 g/mol. The molecule has 0 spiro atoms. The van der Waals surface area contributed by atoms with Crippen molar-refractivity contribution in [2.45, 2.75) is 19.5 Å². The summed E-state index contributed by atoms with van der Waals surface area (Å²) in [5.41, 5.74) is 0.925. The summed E-state index contributed by atoms with van der Waals surface area (Å²) in [7, 11) is 0. The molecule has 3 aromatic rings. The Morgan fingerprint density at radius 3 is 2.73 bits per heavy atom. The maximum atomic E-state index is 12.2. The molecule has 2 unspecified atom stereocenters. The maximum absolute atomic E-state index is 12.2. The van der Waals surface area contributed by atoms with E-state index in [-0.39, 0.29) is 11.6 Å². The van der Waals surface area contributed by atoms with Crippen LogP contribution in [-0.2, 0) is 17.8 Å². The van der Waals surface area contributed by atoms with Gasteiger partial charge < -0.3 is 9.87 Å². The van der Waals surface area contributed by atoms with Gasteiger partial charge in [0.1, 0.15) is 5.69 Å². The second kappa shape index (κ2) is 8.60. The van der Waals surface area contributed by atoms with Crippen molar-refractivity contribution >= 4 is 39.8 Å². The van der Waals surface area contributed by atoms with Crippen molar-refractivity contribution < 1.29 is 13.6 Å². The summed E-state index contributed by atoms with van der Waals surface area (Å²) in [6, 6.07) is 6.44. The summed E-state index contributed by atoms with van der Waals surface area (Å²) in [5, 5.41) is 5.61. The second-order valence-corrected chi connectivity index (χ2v) is 8.31. The first-order valence-corrected chi connectivity index (χ1v) is 10.3. The van der Waals surface area contributed by atoms with Gasteiger partial charge in [0, 0.05) is 33.4 Å². The molecular weight excluding hydrogens is 392 g/mol. The number of nitrogens with zero attached hydrogens (tertiary/aromatic N) is 2. The molecule has 0 aliphatic rings. The van der Waals surface area contributed by atoms with Crippen molar-refractivity contribution in [1.29, 1.82) is 0 Å². The summed E-state index contributed by atoms with van der Waals surface area (Å²) in [6.45, 7) is 2.30. The predicted molar refractivity (Wildman–Crippen MR) is 100 cm³/mol. The zero-order chi connectivity index (χ0) is 18.5. The highest BCUT2D eigenvalue weighted by Crippen LogP contribution is 2.26. The third kappa shape index (κ3) is 4.80. The highest BCUT2D eigenvalue weighted by molar-refractivity contribution is 7.77. The van der Waals surface area contributed by atoms with E-state index in [0.29, 0.717) is 12.1 Å². The number of amides is 1. The summed E-state index contributed by atoms with van der Waals surface area (Å²) >= 11 is 0.540.